The number of hydrogen-bond donors (Lipinski definition) is 2. The summed E-state index contributed by atoms with van der Waals surface area (Å²) in [7, 11) is 0. The van der Waals surface area contributed by atoms with Gasteiger partial charge in [-0.15, -0.1) is 0 Å². The van der Waals surface area contributed by atoms with Crippen molar-refractivity contribution in [2.45, 2.75) is 105 Å². The number of rotatable bonds is 14. The zero-order chi connectivity index (χ0) is 29.7. The van der Waals surface area contributed by atoms with E-state index in [1.54, 1.807) is 25.7 Å². The molecule has 0 saturated carbocycles. The highest BCUT2D eigenvalue weighted by molar-refractivity contribution is 5.92. The number of alkyl carbamates (subject to hydrolysis) is 1. The minimum absolute atomic E-state index is 0.163. The second kappa shape index (κ2) is 16.0. The number of aryl methyl sites for hydroxylation is 1. The average Bonchev–Trinajstić information content (AvgIpc) is 2.91. The minimum atomic E-state index is -0.843. The summed E-state index contributed by atoms with van der Waals surface area (Å²) in [5.41, 5.74) is 2.02. The van der Waals surface area contributed by atoms with Crippen LogP contribution in [0.2, 0.25) is 0 Å². The summed E-state index contributed by atoms with van der Waals surface area (Å²) in [5, 5.41) is 5.90. The van der Waals surface area contributed by atoms with Crippen molar-refractivity contribution in [3.05, 3.63) is 71.3 Å². The topological polar surface area (TPSA) is 87.7 Å². The van der Waals surface area contributed by atoms with E-state index in [1.807, 2.05) is 75.4 Å². The fourth-order valence-electron chi connectivity index (χ4n) is 4.57. The lowest BCUT2D eigenvalue weighted by Crippen LogP contribution is -2.55. The van der Waals surface area contributed by atoms with Gasteiger partial charge in [0.05, 0.1) is 0 Å². The predicted molar refractivity (Wildman–Crippen MR) is 161 cm³/mol. The van der Waals surface area contributed by atoms with E-state index < -0.39 is 23.8 Å². The third-order valence-electron chi connectivity index (χ3n) is 6.91. The van der Waals surface area contributed by atoms with Gasteiger partial charge < -0.3 is 20.3 Å². The van der Waals surface area contributed by atoms with Crippen LogP contribution in [0.25, 0.3) is 0 Å². The Morgan fingerprint density at radius 3 is 2.25 bits per heavy atom. The van der Waals surface area contributed by atoms with E-state index in [9.17, 15) is 14.4 Å². The summed E-state index contributed by atoms with van der Waals surface area (Å²) >= 11 is 0. The Kier molecular flexibility index (Phi) is 13.2. The molecular weight excluding hydrogens is 502 g/mol. The summed E-state index contributed by atoms with van der Waals surface area (Å²) in [6, 6.07) is 15.8. The van der Waals surface area contributed by atoms with E-state index in [0.29, 0.717) is 19.5 Å². The lowest BCUT2D eigenvalue weighted by Gasteiger charge is -2.36. The van der Waals surface area contributed by atoms with Gasteiger partial charge in [0, 0.05) is 13.1 Å². The molecule has 0 radical (unpaired) electrons. The Morgan fingerprint density at radius 1 is 0.950 bits per heavy atom. The number of nitrogens with zero attached hydrogens (tertiary/aromatic N) is 1. The standard InChI is InChI=1S/C33H49N3O4/c1-8-10-11-15-21-36(31(38)28(25(4)9-2)35-32(39)40-33(5,6)7)29(27-20-16-17-24(3)22-27)30(37)34-23-26-18-13-12-14-19-26/h12-14,16-20,22,25,28-29H,8-11,15,21,23H2,1-7H3,(H,34,37)(H,35,39). The molecule has 3 amide bonds. The first-order valence-corrected chi connectivity index (χ1v) is 14.6. The molecule has 40 heavy (non-hydrogen) atoms. The second-order valence-electron chi connectivity index (χ2n) is 11.6. The molecule has 0 saturated heterocycles. The summed E-state index contributed by atoms with van der Waals surface area (Å²) in [6.45, 7) is 14.2. The van der Waals surface area contributed by atoms with E-state index in [1.165, 1.54) is 0 Å². The molecule has 3 atom stereocenters. The van der Waals surface area contributed by atoms with Gasteiger partial charge in [0.1, 0.15) is 17.7 Å². The molecule has 0 spiro atoms. The van der Waals surface area contributed by atoms with Crippen LogP contribution < -0.4 is 10.6 Å². The van der Waals surface area contributed by atoms with Crippen molar-refractivity contribution in [2.24, 2.45) is 5.92 Å². The molecule has 0 fully saturated rings. The number of carbonyl (C=O) groups excluding carboxylic acids is 3. The van der Waals surface area contributed by atoms with Gasteiger partial charge in [-0.1, -0.05) is 107 Å². The van der Waals surface area contributed by atoms with Gasteiger partial charge in [0.2, 0.25) is 11.8 Å². The number of carbonyl (C=O) groups is 3. The van der Waals surface area contributed by atoms with E-state index in [2.05, 4.69) is 17.6 Å². The van der Waals surface area contributed by atoms with Crippen LogP contribution in [0, 0.1) is 12.8 Å². The Hall–Kier alpha value is -3.35. The van der Waals surface area contributed by atoms with Gasteiger partial charge in [-0.25, -0.2) is 4.79 Å². The number of amides is 3. The van der Waals surface area contributed by atoms with Crippen LogP contribution in [-0.2, 0) is 20.9 Å². The molecule has 0 aromatic heterocycles. The molecule has 0 aliphatic carbocycles. The number of unbranched alkanes of at least 4 members (excludes halogenated alkanes) is 3. The van der Waals surface area contributed by atoms with Crippen molar-refractivity contribution in [1.29, 1.82) is 0 Å². The largest absolute Gasteiger partial charge is 0.444 e. The zero-order valence-corrected chi connectivity index (χ0v) is 25.5. The maximum Gasteiger partial charge on any atom is 0.408 e. The monoisotopic (exact) mass is 551 g/mol. The third-order valence-corrected chi connectivity index (χ3v) is 6.91. The van der Waals surface area contributed by atoms with Crippen LogP contribution in [0.3, 0.4) is 0 Å². The van der Waals surface area contributed by atoms with Crippen LogP contribution in [0.15, 0.2) is 54.6 Å². The molecule has 0 aliphatic heterocycles. The summed E-state index contributed by atoms with van der Waals surface area (Å²) in [5.74, 6) is -0.694. The Labute approximate surface area is 241 Å². The first-order valence-electron chi connectivity index (χ1n) is 14.6. The predicted octanol–water partition coefficient (Wildman–Crippen LogP) is 6.70. The van der Waals surface area contributed by atoms with E-state index in [-0.39, 0.29) is 17.7 Å². The molecule has 2 N–H and O–H groups in total. The molecule has 3 unspecified atom stereocenters. The van der Waals surface area contributed by atoms with Gasteiger partial charge in [-0.3, -0.25) is 9.59 Å². The highest BCUT2D eigenvalue weighted by Crippen LogP contribution is 2.26. The Balaban J connectivity index is 2.49. The average molecular weight is 552 g/mol. The van der Waals surface area contributed by atoms with Gasteiger partial charge in [0.25, 0.3) is 0 Å². The van der Waals surface area contributed by atoms with Crippen LogP contribution in [0.5, 0.6) is 0 Å². The molecule has 7 heteroatoms. The summed E-state index contributed by atoms with van der Waals surface area (Å²) in [6.07, 6.45) is 3.83. The molecule has 2 aromatic carbocycles. The van der Waals surface area contributed by atoms with E-state index in [0.717, 1.165) is 42.4 Å². The Morgan fingerprint density at radius 2 is 1.65 bits per heavy atom. The highest BCUT2D eigenvalue weighted by atomic mass is 16.6. The lowest BCUT2D eigenvalue weighted by molar-refractivity contribution is -0.143. The third kappa shape index (κ3) is 10.7. The SMILES string of the molecule is CCCCCCN(C(=O)C(NC(=O)OC(C)(C)C)C(C)CC)C(C(=O)NCc1ccccc1)c1cccc(C)c1. The maximum absolute atomic E-state index is 14.4. The van der Waals surface area contributed by atoms with Crippen LogP contribution in [0.4, 0.5) is 4.79 Å². The summed E-state index contributed by atoms with van der Waals surface area (Å²) < 4.78 is 5.50. The highest BCUT2D eigenvalue weighted by Gasteiger charge is 2.37. The smallest absolute Gasteiger partial charge is 0.408 e. The number of benzene rings is 2. The van der Waals surface area contributed by atoms with Crippen LogP contribution >= 0.6 is 0 Å². The molecule has 0 bridgehead atoms. The van der Waals surface area contributed by atoms with Gasteiger partial charge >= 0.3 is 6.09 Å². The van der Waals surface area contributed by atoms with Crippen molar-refractivity contribution in [3.8, 4) is 0 Å². The summed E-state index contributed by atoms with van der Waals surface area (Å²) in [4.78, 5) is 42.8. The molecule has 2 aromatic rings. The van der Waals surface area contributed by atoms with Gasteiger partial charge in [0.15, 0.2) is 0 Å². The van der Waals surface area contributed by atoms with Crippen LogP contribution in [-0.4, -0.2) is 41.0 Å². The minimum Gasteiger partial charge on any atom is -0.444 e. The van der Waals surface area contributed by atoms with Gasteiger partial charge in [-0.05, 0) is 51.2 Å². The molecule has 0 heterocycles. The van der Waals surface area contributed by atoms with Crippen LogP contribution in [0.1, 0.15) is 96.4 Å². The van der Waals surface area contributed by atoms with Crippen molar-refractivity contribution in [2.75, 3.05) is 6.54 Å². The lowest BCUT2D eigenvalue weighted by atomic mass is 9.95. The van der Waals surface area contributed by atoms with Gasteiger partial charge in [-0.2, -0.15) is 0 Å². The first kappa shape index (κ1) is 32.9. The quantitative estimate of drug-likeness (QED) is 0.256. The van der Waals surface area contributed by atoms with Crippen molar-refractivity contribution >= 4 is 17.9 Å². The fraction of sp³-hybridized carbons (Fsp3) is 0.545. The molecular formula is C33H49N3O4. The first-order chi connectivity index (χ1) is 19.0. The molecule has 7 nitrogen and oxygen atoms in total. The normalized spacial score (nSPS) is 13.6. The Bertz CT molecular complexity index is 1080. The van der Waals surface area contributed by atoms with E-state index in [4.69, 9.17) is 4.74 Å². The second-order valence-corrected chi connectivity index (χ2v) is 11.6. The van der Waals surface area contributed by atoms with Crippen molar-refractivity contribution < 1.29 is 19.1 Å². The van der Waals surface area contributed by atoms with Crippen molar-refractivity contribution in [3.63, 3.8) is 0 Å². The molecule has 2 rings (SSSR count). The number of nitrogens with one attached hydrogen (secondary N) is 2. The maximum atomic E-state index is 14.4. The molecule has 220 valence electrons. The fourth-order valence-corrected chi connectivity index (χ4v) is 4.57. The van der Waals surface area contributed by atoms with Crippen molar-refractivity contribution in [1.82, 2.24) is 15.5 Å². The van der Waals surface area contributed by atoms with E-state index >= 15 is 0 Å². The molecule has 0 aliphatic rings. The zero-order valence-electron chi connectivity index (χ0n) is 25.5. The number of hydrogen-bond acceptors (Lipinski definition) is 4. The number of ether oxygens (including phenoxy) is 1.